The standard InChI is InChI=1S/C66H64BN3S/c1-63(2,3)44-30-33-48(34-31-44)69-55-41-49(68(46-24-16-12-17-25-46)47-26-18-13-19-27-47)42-56-60(55)67(53-36-35-52-58(61(53)69)66(9,10)39-38-65(52,7)8)59-50-28-20-21-29-57(50)71-62(59)70(56)54-37-32-45(64(4,5)6)40-51(54)43-22-14-11-15-23-43/h11-37,40-42H,38-39H2,1-10H3. The van der Waals surface area contributed by atoms with E-state index in [1.165, 1.54) is 93.3 Å². The molecule has 12 rings (SSSR count). The van der Waals surface area contributed by atoms with Gasteiger partial charge in [-0.3, -0.25) is 0 Å². The second kappa shape index (κ2) is 16.4. The molecular weight excluding hydrogens is 878 g/mol. The van der Waals surface area contributed by atoms with Gasteiger partial charge >= 0.3 is 0 Å². The highest BCUT2D eigenvalue weighted by atomic mass is 32.1. The van der Waals surface area contributed by atoms with Crippen LogP contribution in [0, 0.1) is 0 Å². The maximum absolute atomic E-state index is 2.70. The number of para-hydroxylation sites is 2. The van der Waals surface area contributed by atoms with E-state index < -0.39 is 0 Å². The van der Waals surface area contributed by atoms with E-state index in [0.717, 1.165) is 29.9 Å². The van der Waals surface area contributed by atoms with Gasteiger partial charge in [0, 0.05) is 44.4 Å². The third-order valence-corrected chi connectivity index (χ3v) is 17.2. The first-order valence-corrected chi connectivity index (χ1v) is 26.5. The van der Waals surface area contributed by atoms with Crippen molar-refractivity contribution in [1.29, 1.82) is 0 Å². The maximum atomic E-state index is 2.70. The third kappa shape index (κ3) is 7.37. The summed E-state index contributed by atoms with van der Waals surface area (Å²) in [6.45, 7) is 23.9. The van der Waals surface area contributed by atoms with Crippen molar-refractivity contribution in [2.75, 3.05) is 14.7 Å². The molecule has 0 atom stereocenters. The minimum Gasteiger partial charge on any atom is -0.311 e. The van der Waals surface area contributed by atoms with Gasteiger partial charge in [0.15, 0.2) is 0 Å². The fourth-order valence-electron chi connectivity index (χ4n) is 12.1. The van der Waals surface area contributed by atoms with Gasteiger partial charge in [0.1, 0.15) is 0 Å². The molecule has 0 spiro atoms. The largest absolute Gasteiger partial charge is 0.311 e. The molecule has 0 bridgehead atoms. The van der Waals surface area contributed by atoms with Crippen LogP contribution in [0.15, 0.2) is 182 Å². The van der Waals surface area contributed by atoms with Crippen LogP contribution in [-0.4, -0.2) is 6.71 Å². The van der Waals surface area contributed by atoms with Crippen molar-refractivity contribution in [1.82, 2.24) is 0 Å². The zero-order valence-electron chi connectivity index (χ0n) is 43.1. The van der Waals surface area contributed by atoms with Crippen molar-refractivity contribution in [3.05, 3.63) is 204 Å². The van der Waals surface area contributed by atoms with E-state index in [-0.39, 0.29) is 28.4 Å². The zero-order chi connectivity index (χ0) is 49.2. The Bertz CT molecular complexity index is 3460. The molecule has 8 aromatic carbocycles. The van der Waals surface area contributed by atoms with Crippen molar-refractivity contribution < 1.29 is 0 Å². The number of hydrogen-bond acceptors (Lipinski definition) is 4. The summed E-state index contributed by atoms with van der Waals surface area (Å²) in [5, 5.41) is 2.61. The number of fused-ring (bicyclic) bond motifs is 8. The van der Waals surface area contributed by atoms with Gasteiger partial charge in [0.25, 0.3) is 6.71 Å². The lowest BCUT2D eigenvalue weighted by atomic mass is 9.33. The Morgan fingerprint density at radius 2 is 1.07 bits per heavy atom. The molecule has 0 fully saturated rings. The average Bonchev–Trinajstić information content (AvgIpc) is 3.74. The van der Waals surface area contributed by atoms with E-state index in [4.69, 9.17) is 0 Å². The molecule has 1 aromatic heterocycles. The topological polar surface area (TPSA) is 9.72 Å². The predicted octanol–water partition coefficient (Wildman–Crippen LogP) is 17.1. The molecule has 9 aromatic rings. The average molecular weight is 942 g/mol. The highest BCUT2D eigenvalue weighted by molar-refractivity contribution is 7.26. The van der Waals surface area contributed by atoms with E-state index >= 15 is 0 Å². The van der Waals surface area contributed by atoms with Crippen LogP contribution >= 0.6 is 11.3 Å². The number of hydrogen-bond donors (Lipinski definition) is 0. The van der Waals surface area contributed by atoms with Gasteiger partial charge in [-0.25, -0.2) is 0 Å². The fraction of sp³-hybridized carbons (Fsp3) is 0.242. The summed E-state index contributed by atoms with van der Waals surface area (Å²) in [6.07, 6.45) is 2.27. The summed E-state index contributed by atoms with van der Waals surface area (Å²) >= 11 is 1.94. The molecule has 71 heavy (non-hydrogen) atoms. The molecule has 0 unspecified atom stereocenters. The monoisotopic (exact) mass is 941 g/mol. The van der Waals surface area contributed by atoms with Crippen LogP contribution < -0.4 is 31.1 Å². The normalized spacial score (nSPS) is 15.5. The lowest BCUT2D eigenvalue weighted by Gasteiger charge is -2.49. The summed E-state index contributed by atoms with van der Waals surface area (Å²) < 4.78 is 1.31. The minimum atomic E-state index is -0.0719. The smallest absolute Gasteiger partial charge is 0.254 e. The molecule has 3 aliphatic rings. The van der Waals surface area contributed by atoms with Crippen LogP contribution in [0.4, 0.5) is 50.5 Å². The SMILES string of the molecule is CC(C)(C)c1ccc(N2c3cc(N(c4ccccc4)c4ccccc4)cc4c3B(c3ccc5c(c32)C(C)(C)CCC5(C)C)c2c(sc3ccccc23)N4c2ccc(C(C)(C)C)cc2-c2ccccc2)cc1. The van der Waals surface area contributed by atoms with E-state index in [1.54, 1.807) is 0 Å². The zero-order valence-corrected chi connectivity index (χ0v) is 43.9. The number of benzene rings is 8. The summed E-state index contributed by atoms with van der Waals surface area (Å²) in [4.78, 5) is 7.84. The minimum absolute atomic E-state index is 0.00939. The summed E-state index contributed by atoms with van der Waals surface area (Å²) in [5.41, 5.74) is 21.6. The molecule has 352 valence electrons. The molecule has 0 saturated heterocycles. The first-order valence-electron chi connectivity index (χ1n) is 25.7. The highest BCUT2D eigenvalue weighted by Gasteiger charge is 2.50. The van der Waals surface area contributed by atoms with Crippen LogP contribution in [0.3, 0.4) is 0 Å². The molecular formula is C66H64BN3S. The van der Waals surface area contributed by atoms with Crippen molar-refractivity contribution >= 4 is 95.0 Å². The second-order valence-electron chi connectivity index (χ2n) is 23.7. The molecule has 2 aliphatic heterocycles. The Morgan fingerprint density at radius 1 is 0.507 bits per heavy atom. The van der Waals surface area contributed by atoms with Crippen molar-refractivity contribution in [2.45, 2.75) is 104 Å². The quantitative estimate of drug-likeness (QED) is 0.154. The number of anilines is 9. The van der Waals surface area contributed by atoms with Crippen molar-refractivity contribution in [3.8, 4) is 11.1 Å². The summed E-state index contributed by atoms with van der Waals surface area (Å²) in [5.74, 6) is 0. The van der Waals surface area contributed by atoms with E-state index in [0.29, 0.717) is 0 Å². The molecule has 1 aliphatic carbocycles. The Kier molecular flexibility index (Phi) is 10.4. The van der Waals surface area contributed by atoms with Gasteiger partial charge < -0.3 is 14.7 Å². The Labute approximate surface area is 426 Å². The second-order valence-corrected chi connectivity index (χ2v) is 24.7. The maximum Gasteiger partial charge on any atom is 0.254 e. The molecule has 0 amide bonds. The number of rotatable bonds is 6. The predicted molar refractivity (Wildman–Crippen MR) is 309 cm³/mol. The third-order valence-electron chi connectivity index (χ3n) is 16.0. The van der Waals surface area contributed by atoms with Gasteiger partial charge in [-0.2, -0.15) is 0 Å². The summed E-state index contributed by atoms with van der Waals surface area (Å²) in [7, 11) is 0. The van der Waals surface area contributed by atoms with E-state index in [1.807, 2.05) is 11.3 Å². The van der Waals surface area contributed by atoms with Crippen molar-refractivity contribution in [3.63, 3.8) is 0 Å². The first-order chi connectivity index (χ1) is 34.0. The molecule has 0 N–H and O–H groups in total. The molecule has 0 radical (unpaired) electrons. The first kappa shape index (κ1) is 45.3. The highest BCUT2D eigenvalue weighted by Crippen LogP contribution is 2.56. The summed E-state index contributed by atoms with van der Waals surface area (Å²) in [6, 6.07) is 69.1. The van der Waals surface area contributed by atoms with Gasteiger partial charge in [-0.15, -0.1) is 11.3 Å². The van der Waals surface area contributed by atoms with Gasteiger partial charge in [-0.1, -0.05) is 184 Å². The van der Waals surface area contributed by atoms with Gasteiger partial charge in [-0.05, 0) is 151 Å². The Balaban J connectivity index is 1.27. The number of nitrogens with zero attached hydrogens (tertiary/aromatic N) is 3. The van der Waals surface area contributed by atoms with Crippen LogP contribution in [0.25, 0.3) is 21.2 Å². The molecule has 3 nitrogen and oxygen atoms in total. The van der Waals surface area contributed by atoms with Crippen LogP contribution in [-0.2, 0) is 21.7 Å². The molecule has 3 heterocycles. The Morgan fingerprint density at radius 3 is 1.70 bits per heavy atom. The lowest BCUT2D eigenvalue weighted by Crippen LogP contribution is -2.61. The van der Waals surface area contributed by atoms with E-state index in [2.05, 4.69) is 266 Å². The lowest BCUT2D eigenvalue weighted by molar-refractivity contribution is 0.333. The van der Waals surface area contributed by atoms with Crippen LogP contribution in [0.5, 0.6) is 0 Å². The van der Waals surface area contributed by atoms with Crippen LogP contribution in [0.1, 0.15) is 104 Å². The van der Waals surface area contributed by atoms with Crippen LogP contribution in [0.2, 0.25) is 0 Å². The van der Waals surface area contributed by atoms with Crippen molar-refractivity contribution in [2.24, 2.45) is 0 Å². The fourth-order valence-corrected chi connectivity index (χ4v) is 13.3. The van der Waals surface area contributed by atoms with E-state index in [9.17, 15) is 0 Å². The Hall–Kier alpha value is -6.82. The van der Waals surface area contributed by atoms with Gasteiger partial charge in [0.05, 0.1) is 16.4 Å². The molecule has 0 saturated carbocycles. The van der Waals surface area contributed by atoms with Gasteiger partial charge in [0.2, 0.25) is 0 Å². The molecule has 5 heteroatoms. The number of thiophene rings is 1.